The van der Waals surface area contributed by atoms with E-state index in [1.165, 1.54) is 18.4 Å². The molecule has 34 heavy (non-hydrogen) atoms. The molecule has 0 spiro atoms. The van der Waals surface area contributed by atoms with Crippen LogP contribution in [0.15, 0.2) is 70.8 Å². The lowest BCUT2D eigenvalue weighted by Gasteiger charge is -2.39. The van der Waals surface area contributed by atoms with Gasteiger partial charge in [-0.1, -0.05) is 42.2 Å². The molecule has 178 valence electrons. The first-order valence-electron chi connectivity index (χ1n) is 11.3. The Morgan fingerprint density at radius 2 is 1.79 bits per heavy atom. The Balaban J connectivity index is 1.44. The molecule has 2 aromatic carbocycles. The van der Waals surface area contributed by atoms with E-state index in [1.807, 2.05) is 37.3 Å². The monoisotopic (exact) mass is 478 g/mol. The van der Waals surface area contributed by atoms with Crippen molar-refractivity contribution in [1.29, 1.82) is 0 Å². The Morgan fingerprint density at radius 3 is 2.47 bits per heavy atom. The number of carbonyl (C=O) groups excluding carboxylic acids is 1. The molecule has 4 rings (SSSR count). The van der Waals surface area contributed by atoms with Gasteiger partial charge in [0.1, 0.15) is 0 Å². The molecule has 1 atom stereocenters. The van der Waals surface area contributed by atoms with Crippen molar-refractivity contribution >= 4 is 15.9 Å². The minimum Gasteiger partial charge on any atom is -0.371 e. The summed E-state index contributed by atoms with van der Waals surface area (Å²) in [5.74, 6) is 6.42. The van der Waals surface area contributed by atoms with Crippen molar-refractivity contribution in [3.8, 4) is 11.8 Å². The summed E-state index contributed by atoms with van der Waals surface area (Å²) >= 11 is 0. The first-order chi connectivity index (χ1) is 16.3. The molecule has 0 saturated carbocycles. The van der Waals surface area contributed by atoms with Gasteiger partial charge < -0.3 is 10.2 Å². The molecule has 8 heteroatoms. The molecule has 7 nitrogen and oxygen atoms in total. The summed E-state index contributed by atoms with van der Waals surface area (Å²) in [6.45, 7) is 4.43. The highest BCUT2D eigenvalue weighted by Crippen LogP contribution is 2.28. The molecule has 2 aliphatic heterocycles. The number of carbonyl (C=O) groups is 1. The normalized spacial score (nSPS) is 17.6. The van der Waals surface area contributed by atoms with Crippen molar-refractivity contribution in [2.24, 2.45) is 0 Å². The highest BCUT2D eigenvalue weighted by Gasteiger charge is 2.33. The zero-order valence-corrected chi connectivity index (χ0v) is 20.6. The Morgan fingerprint density at radius 1 is 1.09 bits per heavy atom. The van der Waals surface area contributed by atoms with Gasteiger partial charge in [0.2, 0.25) is 10.0 Å². The van der Waals surface area contributed by atoms with E-state index in [9.17, 15) is 13.2 Å². The van der Waals surface area contributed by atoms with Crippen molar-refractivity contribution in [3.63, 3.8) is 0 Å². The fourth-order valence-electron chi connectivity index (χ4n) is 4.17. The Kier molecular flexibility index (Phi) is 7.08. The highest BCUT2D eigenvalue weighted by molar-refractivity contribution is 7.89. The van der Waals surface area contributed by atoms with Crippen LogP contribution in [0.1, 0.15) is 30.5 Å². The van der Waals surface area contributed by atoms with E-state index >= 15 is 0 Å². The molecule has 0 fully saturated rings. The Bertz CT molecular complexity index is 1240. The first-order valence-corrected chi connectivity index (χ1v) is 12.8. The van der Waals surface area contributed by atoms with E-state index in [2.05, 4.69) is 22.1 Å². The molecule has 0 radical (unpaired) electrons. The maximum Gasteiger partial charge on any atom is 0.254 e. The quantitative estimate of drug-likeness (QED) is 0.669. The topological polar surface area (TPSA) is 73.0 Å². The third kappa shape index (κ3) is 5.02. The van der Waals surface area contributed by atoms with Crippen molar-refractivity contribution in [2.75, 3.05) is 40.4 Å². The molecular weight excluding hydrogens is 448 g/mol. The SMILES string of the molecule is CC(c1ccc(S(=O)(=O)N(C)C)cc1)N1CNC2=C(CN(CC#Cc3ccccc3)CC2)C1=O. The molecular formula is C26H30N4O3S. The van der Waals surface area contributed by atoms with Crippen molar-refractivity contribution in [1.82, 2.24) is 19.4 Å². The smallest absolute Gasteiger partial charge is 0.254 e. The average molecular weight is 479 g/mol. The predicted octanol–water partition coefficient (Wildman–Crippen LogP) is 2.40. The zero-order valence-electron chi connectivity index (χ0n) is 19.8. The van der Waals surface area contributed by atoms with Gasteiger partial charge in [-0.2, -0.15) is 0 Å². The predicted molar refractivity (Wildman–Crippen MR) is 132 cm³/mol. The summed E-state index contributed by atoms with van der Waals surface area (Å²) in [6.07, 6.45) is 0.799. The highest BCUT2D eigenvalue weighted by atomic mass is 32.2. The molecule has 1 unspecified atom stereocenters. The summed E-state index contributed by atoms with van der Waals surface area (Å²) in [5, 5.41) is 3.42. The van der Waals surface area contributed by atoms with Crippen LogP contribution in [0.3, 0.4) is 0 Å². The number of hydrogen-bond donors (Lipinski definition) is 1. The summed E-state index contributed by atoms with van der Waals surface area (Å²) in [5.41, 5.74) is 3.68. The largest absolute Gasteiger partial charge is 0.371 e. The molecule has 2 aromatic rings. The van der Waals surface area contributed by atoms with Crippen LogP contribution in [0, 0.1) is 11.8 Å². The van der Waals surface area contributed by atoms with E-state index in [1.54, 1.807) is 29.2 Å². The minimum atomic E-state index is -3.49. The van der Waals surface area contributed by atoms with Gasteiger partial charge in [-0.3, -0.25) is 9.69 Å². The van der Waals surface area contributed by atoms with Crippen LogP contribution >= 0.6 is 0 Å². The standard InChI is InChI=1S/C26H30N4O3S/c1-20(22-11-13-23(14-12-22)34(32,33)28(2)3)30-19-27-25-15-17-29(18-24(25)26(30)31)16-7-10-21-8-5-4-6-9-21/h4-6,8-9,11-14,20,27H,15-19H2,1-3H3. The lowest BCUT2D eigenvalue weighted by Crippen LogP contribution is -2.50. The zero-order chi connectivity index (χ0) is 24.3. The summed E-state index contributed by atoms with van der Waals surface area (Å²) < 4.78 is 25.9. The second-order valence-electron chi connectivity index (χ2n) is 8.73. The van der Waals surface area contributed by atoms with Crippen LogP contribution in [-0.4, -0.2) is 68.8 Å². The van der Waals surface area contributed by atoms with Crippen LogP contribution in [0.25, 0.3) is 0 Å². The second kappa shape index (κ2) is 10.0. The third-order valence-electron chi connectivity index (χ3n) is 6.32. The number of rotatable bonds is 5. The van der Waals surface area contributed by atoms with E-state index in [0.29, 0.717) is 19.8 Å². The van der Waals surface area contributed by atoms with Crippen LogP contribution in [0.2, 0.25) is 0 Å². The number of benzene rings is 2. The van der Waals surface area contributed by atoms with Gasteiger partial charge >= 0.3 is 0 Å². The molecule has 1 N–H and O–H groups in total. The Hall–Kier alpha value is -3.12. The average Bonchev–Trinajstić information content (AvgIpc) is 2.85. The maximum atomic E-state index is 13.4. The van der Waals surface area contributed by atoms with E-state index in [0.717, 1.165) is 35.4 Å². The maximum absolute atomic E-state index is 13.4. The number of nitrogens with zero attached hydrogens (tertiary/aromatic N) is 3. The van der Waals surface area contributed by atoms with Crippen LogP contribution in [-0.2, 0) is 14.8 Å². The molecule has 0 aromatic heterocycles. The second-order valence-corrected chi connectivity index (χ2v) is 10.9. The van der Waals surface area contributed by atoms with E-state index < -0.39 is 10.0 Å². The minimum absolute atomic E-state index is 0.0203. The number of hydrogen-bond acceptors (Lipinski definition) is 5. The van der Waals surface area contributed by atoms with Crippen molar-refractivity contribution < 1.29 is 13.2 Å². The van der Waals surface area contributed by atoms with Crippen molar-refractivity contribution in [2.45, 2.75) is 24.3 Å². The summed E-state index contributed by atoms with van der Waals surface area (Å²) in [4.78, 5) is 17.6. The fourth-order valence-corrected chi connectivity index (χ4v) is 5.07. The lowest BCUT2D eigenvalue weighted by atomic mass is 10.00. The molecule has 0 bridgehead atoms. The van der Waals surface area contributed by atoms with Gasteiger partial charge in [-0.25, -0.2) is 12.7 Å². The summed E-state index contributed by atoms with van der Waals surface area (Å²) in [6, 6.07) is 16.5. The van der Waals surface area contributed by atoms with Gasteiger partial charge in [0, 0.05) is 44.9 Å². The van der Waals surface area contributed by atoms with E-state index in [-0.39, 0.29) is 16.8 Å². The molecule has 0 saturated heterocycles. The van der Waals surface area contributed by atoms with Gasteiger partial charge in [0.05, 0.1) is 29.7 Å². The first kappa shape index (κ1) is 24.0. The van der Waals surface area contributed by atoms with Gasteiger partial charge in [0.25, 0.3) is 5.91 Å². The number of amides is 1. The van der Waals surface area contributed by atoms with Gasteiger partial charge in [-0.15, -0.1) is 0 Å². The molecule has 2 heterocycles. The van der Waals surface area contributed by atoms with Gasteiger partial charge in [0.15, 0.2) is 0 Å². The van der Waals surface area contributed by atoms with Crippen LogP contribution in [0.5, 0.6) is 0 Å². The summed E-state index contributed by atoms with van der Waals surface area (Å²) in [7, 11) is -0.466. The molecule has 0 aliphatic carbocycles. The van der Waals surface area contributed by atoms with Crippen LogP contribution in [0.4, 0.5) is 0 Å². The van der Waals surface area contributed by atoms with Crippen LogP contribution < -0.4 is 5.32 Å². The molecule has 1 amide bonds. The van der Waals surface area contributed by atoms with E-state index in [4.69, 9.17) is 0 Å². The molecule has 2 aliphatic rings. The third-order valence-corrected chi connectivity index (χ3v) is 8.15. The van der Waals surface area contributed by atoms with Gasteiger partial charge in [-0.05, 0) is 36.8 Å². The Labute approximate surface area is 202 Å². The number of nitrogens with one attached hydrogen (secondary N) is 1. The number of sulfonamides is 1. The fraction of sp³-hybridized carbons (Fsp3) is 0.346. The lowest BCUT2D eigenvalue weighted by molar-refractivity contribution is -0.131. The van der Waals surface area contributed by atoms with Crippen molar-refractivity contribution in [3.05, 3.63) is 77.0 Å².